The minimum absolute atomic E-state index is 0.354. The number of hydrogen-bond acceptors (Lipinski definition) is 2. The van der Waals surface area contributed by atoms with Crippen molar-refractivity contribution in [2.45, 2.75) is 39.0 Å². The minimum atomic E-state index is -4.12. The summed E-state index contributed by atoms with van der Waals surface area (Å²) >= 11 is 0. The molecule has 0 saturated heterocycles. The molecule has 0 aliphatic carbocycles. The molecule has 15 heavy (non-hydrogen) atoms. The van der Waals surface area contributed by atoms with Crippen LogP contribution in [0.25, 0.3) is 0 Å². The summed E-state index contributed by atoms with van der Waals surface area (Å²) < 4.78 is 36.0. The van der Waals surface area contributed by atoms with Crippen LogP contribution in [0.1, 0.15) is 24.7 Å². The number of halogens is 3. The van der Waals surface area contributed by atoms with Crippen LogP contribution in [0, 0.1) is 6.92 Å². The maximum absolute atomic E-state index is 12.0. The van der Waals surface area contributed by atoms with Gasteiger partial charge in [-0.25, -0.2) is 4.98 Å². The predicted molar refractivity (Wildman–Crippen MR) is 50.3 cm³/mol. The Kier molecular flexibility index (Phi) is 3.73. The molecule has 0 aliphatic heterocycles. The molecular weight excluding hydrogens is 207 g/mol. The molecule has 1 atom stereocenters. The Hall–Kier alpha value is -1.04. The SMILES string of the molecule is Cc1[nH]cnc1CNC(C)CC(F)(F)F. The van der Waals surface area contributed by atoms with Crippen molar-refractivity contribution in [3.8, 4) is 0 Å². The molecule has 0 bridgehead atoms. The number of hydrogen-bond donors (Lipinski definition) is 2. The molecule has 1 unspecified atom stereocenters. The second-order valence-corrected chi connectivity index (χ2v) is 3.58. The number of aryl methyl sites for hydroxylation is 1. The highest BCUT2D eigenvalue weighted by Crippen LogP contribution is 2.21. The van der Waals surface area contributed by atoms with E-state index in [-0.39, 0.29) is 0 Å². The number of rotatable bonds is 4. The Labute approximate surface area is 86.1 Å². The number of imidazole rings is 1. The number of nitrogens with one attached hydrogen (secondary N) is 2. The van der Waals surface area contributed by atoms with Gasteiger partial charge in [0.25, 0.3) is 0 Å². The van der Waals surface area contributed by atoms with Gasteiger partial charge in [0.2, 0.25) is 0 Å². The zero-order valence-corrected chi connectivity index (χ0v) is 8.65. The van der Waals surface area contributed by atoms with E-state index in [1.54, 1.807) is 0 Å². The van der Waals surface area contributed by atoms with Crippen LogP contribution < -0.4 is 5.32 Å². The highest BCUT2D eigenvalue weighted by Gasteiger charge is 2.29. The van der Waals surface area contributed by atoms with Crippen LogP contribution in [0.5, 0.6) is 0 Å². The first-order valence-corrected chi connectivity index (χ1v) is 4.67. The highest BCUT2D eigenvalue weighted by molar-refractivity contribution is 5.08. The van der Waals surface area contributed by atoms with E-state index < -0.39 is 18.6 Å². The Balaban J connectivity index is 2.35. The molecule has 0 aromatic carbocycles. The van der Waals surface area contributed by atoms with Crippen LogP contribution in [-0.4, -0.2) is 22.2 Å². The van der Waals surface area contributed by atoms with E-state index in [1.165, 1.54) is 13.3 Å². The molecule has 0 spiro atoms. The number of nitrogens with zero attached hydrogens (tertiary/aromatic N) is 1. The molecular formula is C9H14F3N3. The van der Waals surface area contributed by atoms with Gasteiger partial charge in [-0.2, -0.15) is 13.2 Å². The van der Waals surface area contributed by atoms with Gasteiger partial charge in [-0.1, -0.05) is 0 Å². The Morgan fingerprint density at radius 1 is 1.53 bits per heavy atom. The molecule has 0 aliphatic rings. The smallest absolute Gasteiger partial charge is 0.348 e. The number of alkyl halides is 3. The summed E-state index contributed by atoms with van der Waals surface area (Å²) in [5, 5.41) is 2.78. The quantitative estimate of drug-likeness (QED) is 0.817. The molecule has 1 rings (SSSR count). The molecule has 1 heterocycles. The van der Waals surface area contributed by atoms with Crippen LogP contribution in [-0.2, 0) is 6.54 Å². The molecule has 0 radical (unpaired) electrons. The van der Waals surface area contributed by atoms with E-state index in [4.69, 9.17) is 0 Å². The zero-order valence-electron chi connectivity index (χ0n) is 8.65. The summed E-state index contributed by atoms with van der Waals surface area (Å²) in [5.74, 6) is 0. The maximum Gasteiger partial charge on any atom is 0.390 e. The topological polar surface area (TPSA) is 40.7 Å². The number of aromatic nitrogens is 2. The summed E-state index contributed by atoms with van der Waals surface area (Å²) in [6.07, 6.45) is -3.41. The van der Waals surface area contributed by atoms with Gasteiger partial charge in [-0.05, 0) is 13.8 Å². The van der Waals surface area contributed by atoms with Crippen LogP contribution >= 0.6 is 0 Å². The normalized spacial score (nSPS) is 14.2. The highest BCUT2D eigenvalue weighted by atomic mass is 19.4. The van der Waals surface area contributed by atoms with E-state index in [0.717, 1.165) is 11.4 Å². The predicted octanol–water partition coefficient (Wildman–Crippen LogP) is 2.15. The van der Waals surface area contributed by atoms with Crippen molar-refractivity contribution in [1.82, 2.24) is 15.3 Å². The lowest BCUT2D eigenvalue weighted by molar-refractivity contribution is -0.139. The third kappa shape index (κ3) is 4.33. The molecule has 1 aromatic heterocycles. The standard InChI is InChI=1S/C9H14F3N3/c1-6(3-9(10,11)12)13-4-8-7(2)14-5-15-8/h5-6,13H,3-4H2,1-2H3,(H,14,15). The van der Waals surface area contributed by atoms with Gasteiger partial charge in [0.15, 0.2) is 0 Å². The van der Waals surface area contributed by atoms with Crippen molar-refractivity contribution < 1.29 is 13.2 Å². The summed E-state index contributed by atoms with van der Waals surface area (Å²) in [5.41, 5.74) is 1.63. The summed E-state index contributed by atoms with van der Waals surface area (Å²) in [6.45, 7) is 3.69. The molecule has 0 saturated carbocycles. The molecule has 2 N–H and O–H groups in total. The van der Waals surface area contributed by atoms with Crippen LogP contribution in [0.4, 0.5) is 13.2 Å². The van der Waals surface area contributed by atoms with E-state index in [2.05, 4.69) is 15.3 Å². The van der Waals surface area contributed by atoms with Crippen molar-refractivity contribution >= 4 is 0 Å². The van der Waals surface area contributed by atoms with Gasteiger partial charge in [0, 0.05) is 18.3 Å². The van der Waals surface area contributed by atoms with E-state index in [0.29, 0.717) is 6.54 Å². The Morgan fingerprint density at radius 3 is 2.67 bits per heavy atom. The van der Waals surface area contributed by atoms with Crippen molar-refractivity contribution in [2.24, 2.45) is 0 Å². The summed E-state index contributed by atoms with van der Waals surface area (Å²) in [4.78, 5) is 6.85. The first-order chi connectivity index (χ1) is 6.88. The van der Waals surface area contributed by atoms with Gasteiger partial charge in [-0.3, -0.25) is 0 Å². The second kappa shape index (κ2) is 4.65. The van der Waals surface area contributed by atoms with Crippen molar-refractivity contribution in [2.75, 3.05) is 0 Å². The van der Waals surface area contributed by atoms with Gasteiger partial charge >= 0.3 is 6.18 Å². The minimum Gasteiger partial charge on any atom is -0.348 e. The Morgan fingerprint density at radius 2 is 2.20 bits per heavy atom. The van der Waals surface area contributed by atoms with Gasteiger partial charge in [-0.15, -0.1) is 0 Å². The second-order valence-electron chi connectivity index (χ2n) is 3.58. The van der Waals surface area contributed by atoms with Crippen molar-refractivity contribution in [3.63, 3.8) is 0 Å². The summed E-state index contributed by atoms with van der Waals surface area (Å²) in [7, 11) is 0. The molecule has 0 amide bonds. The lowest BCUT2D eigenvalue weighted by Crippen LogP contribution is -2.31. The van der Waals surface area contributed by atoms with E-state index in [1.807, 2.05) is 6.92 Å². The molecule has 1 aromatic rings. The van der Waals surface area contributed by atoms with Crippen LogP contribution in [0.3, 0.4) is 0 Å². The Bertz CT molecular complexity index is 306. The average Bonchev–Trinajstić information content (AvgIpc) is 2.44. The number of H-pyrrole nitrogens is 1. The fourth-order valence-electron chi connectivity index (χ4n) is 1.26. The van der Waals surface area contributed by atoms with E-state index in [9.17, 15) is 13.2 Å². The first kappa shape index (κ1) is 12.0. The first-order valence-electron chi connectivity index (χ1n) is 4.67. The number of aromatic amines is 1. The van der Waals surface area contributed by atoms with Crippen LogP contribution in [0.2, 0.25) is 0 Å². The van der Waals surface area contributed by atoms with E-state index >= 15 is 0 Å². The van der Waals surface area contributed by atoms with Gasteiger partial charge in [0.1, 0.15) is 0 Å². The average molecular weight is 221 g/mol. The third-order valence-corrected chi connectivity index (χ3v) is 2.09. The molecule has 86 valence electrons. The monoisotopic (exact) mass is 221 g/mol. The van der Waals surface area contributed by atoms with Crippen molar-refractivity contribution in [1.29, 1.82) is 0 Å². The molecule has 3 nitrogen and oxygen atoms in total. The lowest BCUT2D eigenvalue weighted by atomic mass is 10.2. The fraction of sp³-hybridized carbons (Fsp3) is 0.667. The van der Waals surface area contributed by atoms with Gasteiger partial charge in [0.05, 0.1) is 18.4 Å². The van der Waals surface area contributed by atoms with Gasteiger partial charge < -0.3 is 10.3 Å². The largest absolute Gasteiger partial charge is 0.390 e. The third-order valence-electron chi connectivity index (χ3n) is 2.09. The molecule has 0 fully saturated rings. The zero-order chi connectivity index (χ0) is 11.5. The van der Waals surface area contributed by atoms with Crippen LogP contribution in [0.15, 0.2) is 6.33 Å². The maximum atomic E-state index is 12.0. The summed E-state index contributed by atoms with van der Waals surface area (Å²) in [6, 6.07) is -0.596. The fourth-order valence-corrected chi connectivity index (χ4v) is 1.26. The van der Waals surface area contributed by atoms with Crippen molar-refractivity contribution in [3.05, 3.63) is 17.7 Å². The molecule has 6 heteroatoms. The lowest BCUT2D eigenvalue weighted by Gasteiger charge is -2.15.